The molecule has 1 aliphatic rings. The fourth-order valence-corrected chi connectivity index (χ4v) is 7.57. The van der Waals surface area contributed by atoms with Crippen molar-refractivity contribution in [1.82, 2.24) is 14.1 Å². The maximum absolute atomic E-state index is 9.02. The Hall–Kier alpha value is -6.29. The van der Waals surface area contributed by atoms with Crippen LogP contribution in [0, 0.1) is 18.5 Å². The van der Waals surface area contributed by atoms with Crippen LogP contribution >= 0.6 is 0 Å². The van der Waals surface area contributed by atoms with Crippen molar-refractivity contribution in [2.75, 3.05) is 0 Å². The van der Waals surface area contributed by atoms with E-state index < -0.39 is 60.4 Å². The third-order valence-corrected chi connectivity index (χ3v) is 10.3. The molecule has 0 N–H and O–H groups in total. The quantitative estimate of drug-likeness (QED) is 0.118. The summed E-state index contributed by atoms with van der Waals surface area (Å²) < 4.78 is 99.0. The molecule has 5 nitrogen and oxygen atoms in total. The van der Waals surface area contributed by atoms with Gasteiger partial charge in [0.1, 0.15) is 5.82 Å². The van der Waals surface area contributed by atoms with Crippen LogP contribution in [-0.2, 0) is 26.5 Å². The van der Waals surface area contributed by atoms with Crippen LogP contribution in [0.3, 0.4) is 0 Å². The van der Waals surface area contributed by atoms with E-state index in [-0.39, 0.29) is 61.7 Å². The molecule has 1 aliphatic carbocycles. The number of allylic oxidation sites excluding steroid dienone is 4. The second kappa shape index (κ2) is 15.2. The summed E-state index contributed by atoms with van der Waals surface area (Å²) in [5, 5.41) is 2.03. The first kappa shape index (κ1) is 27.4. The number of rotatable bonds is 7. The van der Waals surface area contributed by atoms with E-state index in [0.29, 0.717) is 33.8 Å². The van der Waals surface area contributed by atoms with E-state index in [1.807, 2.05) is 72.9 Å². The van der Waals surface area contributed by atoms with Crippen molar-refractivity contribution in [1.29, 1.82) is 0 Å². The molecule has 6 aromatic carbocycles. The third kappa shape index (κ3) is 6.70. The first-order chi connectivity index (χ1) is 32.0. The van der Waals surface area contributed by atoms with Crippen LogP contribution in [0.5, 0.6) is 11.5 Å². The number of nitrogens with zero attached hydrogens (tertiary/aromatic N) is 4. The smallest absolute Gasteiger partial charge is 0.268 e. The molecule has 0 spiro atoms. The van der Waals surface area contributed by atoms with Crippen LogP contribution in [0.2, 0.25) is 0 Å². The molecule has 3 heterocycles. The summed E-state index contributed by atoms with van der Waals surface area (Å²) in [4.78, 5) is 4.79. The molecular formula is C52H40N4OPt-2. The molecule has 6 heteroatoms. The van der Waals surface area contributed by atoms with Crippen LogP contribution in [0.25, 0.3) is 61.2 Å². The van der Waals surface area contributed by atoms with E-state index in [1.54, 1.807) is 21.3 Å². The van der Waals surface area contributed by atoms with Gasteiger partial charge >= 0.3 is 0 Å². The Bertz CT molecular complexity index is 3570. The number of imidazole rings is 1. The van der Waals surface area contributed by atoms with Crippen molar-refractivity contribution in [3.05, 3.63) is 199 Å². The van der Waals surface area contributed by atoms with Gasteiger partial charge in [-0.15, -0.1) is 29.7 Å². The molecule has 0 atom stereocenters. The molecule has 0 bridgehead atoms. The zero-order valence-electron chi connectivity index (χ0n) is 41.7. The van der Waals surface area contributed by atoms with E-state index in [4.69, 9.17) is 23.4 Å². The summed E-state index contributed by atoms with van der Waals surface area (Å²) in [6, 6.07) is 31.0. The Morgan fingerprint density at radius 3 is 2.26 bits per heavy atom. The van der Waals surface area contributed by atoms with Crippen LogP contribution in [0.15, 0.2) is 164 Å². The minimum absolute atomic E-state index is 0. The van der Waals surface area contributed by atoms with Crippen molar-refractivity contribution in [2.45, 2.75) is 39.0 Å². The topological polar surface area (TPSA) is 35.9 Å². The van der Waals surface area contributed by atoms with E-state index in [1.165, 1.54) is 0 Å². The first-order valence-electron chi connectivity index (χ1n) is 23.7. The predicted octanol–water partition coefficient (Wildman–Crippen LogP) is 12.1. The van der Waals surface area contributed by atoms with Crippen LogP contribution < -0.4 is 9.30 Å². The number of ether oxygens (including phenoxy) is 1. The SMILES string of the molecule is [2H]c1c([2H])c([2H])c(C2=CCCC(c3c([2H])c([2H])c([2H])c([2H])c3[2H])=C2[n+]2[c-]n(-c3[c-]c(Oc4[c-]c5c(cc4)c4ccccc4n5-c4cc(C(C)(C)C)ccn4)ccc3)c3ccccc32)c([2H])c1[2H].[Pt]. The van der Waals surface area contributed by atoms with Gasteiger partial charge in [0.05, 0.1) is 30.4 Å². The maximum Gasteiger partial charge on any atom is 0.268 e. The first-order valence-corrected chi connectivity index (χ1v) is 18.7. The number of benzene rings is 6. The van der Waals surface area contributed by atoms with E-state index in [2.05, 4.69) is 62.0 Å². The van der Waals surface area contributed by atoms with Crippen molar-refractivity contribution in [3.8, 4) is 23.0 Å². The molecule has 3 aromatic heterocycles. The summed E-state index contributed by atoms with van der Waals surface area (Å²) in [6.45, 7) is 6.51. The standard InChI is InChI=1S/C52H40N4O.Pt/c1-52(2,3)38-30-31-53-50(32-38)56-46-25-11-10-22-44(46)45-29-28-41(34-49(45)56)57-40-21-14-20-39(33-40)54-35-55(48-27-13-12-26-47(48)54)51-42(36-16-6-4-7-17-36)23-15-24-43(51)37-18-8-5-9-19-37;/h4-14,16-23,25-32H,15,24H2,1-3H3;/q-2;/i4D,5D,6D,7D,8D,9D,16D,17D,18D,19D;. The molecule has 0 unspecified atom stereocenters. The second-order valence-corrected chi connectivity index (χ2v) is 14.8. The molecule has 0 saturated heterocycles. The van der Waals surface area contributed by atoms with Gasteiger partial charge in [0.2, 0.25) is 0 Å². The van der Waals surface area contributed by atoms with E-state index in [9.17, 15) is 0 Å². The molecule has 0 aliphatic heterocycles. The molecule has 0 fully saturated rings. The number of aromatic nitrogens is 4. The number of para-hydroxylation sites is 3. The van der Waals surface area contributed by atoms with Crippen molar-refractivity contribution >= 4 is 49.7 Å². The van der Waals surface area contributed by atoms with Gasteiger partial charge < -0.3 is 13.9 Å². The van der Waals surface area contributed by atoms with Crippen LogP contribution in [0.4, 0.5) is 0 Å². The van der Waals surface area contributed by atoms with Crippen molar-refractivity contribution < 1.29 is 44.1 Å². The van der Waals surface area contributed by atoms with Crippen LogP contribution in [-0.4, -0.2) is 14.1 Å². The van der Waals surface area contributed by atoms with Gasteiger partial charge in [-0.1, -0.05) is 135 Å². The minimum atomic E-state index is -0.553. The summed E-state index contributed by atoms with van der Waals surface area (Å²) in [6.07, 6.45) is 7.52. The monoisotopic (exact) mass is 941 g/mol. The second-order valence-electron chi connectivity index (χ2n) is 14.8. The van der Waals surface area contributed by atoms with Gasteiger partial charge in [-0.05, 0) is 75.4 Å². The van der Waals surface area contributed by atoms with E-state index >= 15 is 0 Å². The fourth-order valence-electron chi connectivity index (χ4n) is 7.57. The Balaban J connectivity index is 0.00000578. The Labute approximate surface area is 367 Å². The fraction of sp³-hybridized carbons (Fsp3) is 0.115. The Morgan fingerprint density at radius 1 is 0.741 bits per heavy atom. The van der Waals surface area contributed by atoms with Crippen LogP contribution in [0.1, 0.15) is 64.0 Å². The zero-order valence-corrected chi connectivity index (χ0v) is 34.0. The predicted molar refractivity (Wildman–Crippen MR) is 231 cm³/mol. The molecule has 0 amide bonds. The van der Waals surface area contributed by atoms with Gasteiger partial charge in [-0.25, -0.2) is 4.98 Å². The zero-order chi connectivity index (χ0) is 47.2. The summed E-state index contributed by atoms with van der Waals surface area (Å²) in [5.41, 5.74) is 5.21. The molecule has 58 heavy (non-hydrogen) atoms. The molecule has 9 aromatic rings. The average molecular weight is 942 g/mol. The largest absolute Gasteiger partial charge is 0.510 e. The summed E-state index contributed by atoms with van der Waals surface area (Å²) >= 11 is 0. The number of fused-ring (bicyclic) bond motifs is 4. The molecular weight excluding hydrogens is 892 g/mol. The van der Waals surface area contributed by atoms with Crippen molar-refractivity contribution in [2.24, 2.45) is 0 Å². The van der Waals surface area contributed by atoms with Gasteiger partial charge in [0.15, 0.2) is 0 Å². The maximum atomic E-state index is 9.02. The Kier molecular flexibility index (Phi) is 7.18. The molecule has 0 radical (unpaired) electrons. The molecule has 286 valence electrons. The Morgan fingerprint density at radius 2 is 1.47 bits per heavy atom. The number of pyridine rings is 1. The average Bonchev–Trinajstić information content (AvgIpc) is 3.87. The molecule has 10 rings (SSSR count). The van der Waals surface area contributed by atoms with E-state index in [0.717, 1.165) is 33.2 Å². The third-order valence-electron chi connectivity index (χ3n) is 10.3. The van der Waals surface area contributed by atoms with Gasteiger partial charge in [0, 0.05) is 44.3 Å². The normalized spacial score (nSPS) is 15.6. The number of hydrogen-bond donors (Lipinski definition) is 0. The van der Waals surface area contributed by atoms with Gasteiger partial charge in [-0.3, -0.25) is 4.57 Å². The van der Waals surface area contributed by atoms with Crippen molar-refractivity contribution in [3.63, 3.8) is 0 Å². The van der Waals surface area contributed by atoms with Gasteiger partial charge in [-0.2, -0.15) is 18.2 Å². The number of hydrogen-bond acceptors (Lipinski definition) is 2. The summed E-state index contributed by atoms with van der Waals surface area (Å²) in [5.74, 6) is 1.58. The minimum Gasteiger partial charge on any atom is -0.510 e. The van der Waals surface area contributed by atoms with Gasteiger partial charge in [0.25, 0.3) is 6.33 Å². The molecule has 0 saturated carbocycles. The summed E-state index contributed by atoms with van der Waals surface area (Å²) in [7, 11) is 0.